The van der Waals surface area contributed by atoms with Gasteiger partial charge in [0, 0.05) is 17.4 Å². The van der Waals surface area contributed by atoms with Crippen molar-refractivity contribution in [1.29, 1.82) is 0 Å². The molecule has 1 amide bonds. The lowest BCUT2D eigenvalue weighted by Crippen LogP contribution is -2.26. The summed E-state index contributed by atoms with van der Waals surface area (Å²) < 4.78 is 40.7. The van der Waals surface area contributed by atoms with E-state index in [1.165, 1.54) is 12.1 Å². The Morgan fingerprint density at radius 3 is 2.32 bits per heavy atom. The second-order valence-corrected chi connectivity index (χ2v) is 7.29. The number of carbonyl (C=O) groups is 1. The molecule has 8 heteroatoms. The number of halogens is 3. The molecule has 0 aromatic heterocycles. The van der Waals surface area contributed by atoms with Crippen LogP contribution >= 0.6 is 0 Å². The van der Waals surface area contributed by atoms with E-state index in [4.69, 9.17) is 0 Å². The molecular formula is C23H30F3N3O2. The standard InChI is InChI=1S/C23H30F3N3O2/c1-4-29(5-2)16-8-9-17(3)27-21-11-7-6-10-20(21)22(30)28-18-12-14-19(15-13-18)31-23(24,25)26/h6-7,10-15,17,27H,4-5,8-9,16H2,1-3H3,(H,28,30)/t17-/m1/s1. The van der Waals surface area contributed by atoms with Gasteiger partial charge in [0.05, 0.1) is 5.56 Å². The van der Waals surface area contributed by atoms with E-state index in [0.717, 1.165) is 44.6 Å². The molecule has 0 unspecified atom stereocenters. The van der Waals surface area contributed by atoms with Gasteiger partial charge in [-0.05, 0) is 75.8 Å². The van der Waals surface area contributed by atoms with Crippen molar-refractivity contribution in [3.05, 3.63) is 54.1 Å². The average molecular weight is 438 g/mol. The molecule has 2 aromatic carbocycles. The number of alkyl halides is 3. The highest BCUT2D eigenvalue weighted by Crippen LogP contribution is 2.25. The van der Waals surface area contributed by atoms with Gasteiger partial charge in [-0.3, -0.25) is 4.79 Å². The molecule has 0 saturated carbocycles. The lowest BCUT2D eigenvalue weighted by Gasteiger charge is -2.21. The van der Waals surface area contributed by atoms with Gasteiger partial charge in [0.2, 0.25) is 0 Å². The quantitative estimate of drug-likeness (QED) is 0.469. The van der Waals surface area contributed by atoms with Gasteiger partial charge in [0.25, 0.3) is 5.91 Å². The SMILES string of the molecule is CCN(CC)CCC[C@@H](C)Nc1ccccc1C(=O)Nc1ccc(OC(F)(F)F)cc1. The number of nitrogens with one attached hydrogen (secondary N) is 2. The third-order valence-corrected chi connectivity index (χ3v) is 4.93. The van der Waals surface area contributed by atoms with Crippen molar-refractivity contribution in [1.82, 2.24) is 4.90 Å². The third kappa shape index (κ3) is 8.49. The van der Waals surface area contributed by atoms with E-state index in [9.17, 15) is 18.0 Å². The Balaban J connectivity index is 1.96. The molecule has 0 fully saturated rings. The molecule has 170 valence electrons. The molecule has 5 nitrogen and oxygen atoms in total. The van der Waals surface area contributed by atoms with E-state index in [1.54, 1.807) is 12.1 Å². The number of hydrogen-bond acceptors (Lipinski definition) is 4. The van der Waals surface area contributed by atoms with Crippen LogP contribution in [0.25, 0.3) is 0 Å². The van der Waals surface area contributed by atoms with Crippen LogP contribution in [0.1, 0.15) is 44.0 Å². The number of anilines is 2. The molecule has 0 spiro atoms. The Morgan fingerprint density at radius 1 is 1.06 bits per heavy atom. The molecule has 31 heavy (non-hydrogen) atoms. The van der Waals surface area contributed by atoms with Gasteiger partial charge in [-0.1, -0.05) is 26.0 Å². The van der Waals surface area contributed by atoms with Gasteiger partial charge in [0.15, 0.2) is 0 Å². The summed E-state index contributed by atoms with van der Waals surface area (Å²) in [6, 6.07) is 12.4. The molecule has 2 N–H and O–H groups in total. The van der Waals surface area contributed by atoms with Crippen LogP contribution in [-0.2, 0) is 0 Å². The number of nitrogens with zero attached hydrogens (tertiary/aromatic N) is 1. The minimum atomic E-state index is -4.75. The van der Waals surface area contributed by atoms with Crippen LogP contribution in [0.2, 0.25) is 0 Å². The number of hydrogen-bond donors (Lipinski definition) is 2. The molecule has 0 bridgehead atoms. The van der Waals surface area contributed by atoms with E-state index in [-0.39, 0.29) is 17.7 Å². The molecule has 0 aliphatic heterocycles. The minimum absolute atomic E-state index is 0.184. The molecule has 0 aliphatic carbocycles. The highest BCUT2D eigenvalue weighted by molar-refractivity contribution is 6.08. The second kappa shape index (κ2) is 11.6. The van der Waals surface area contributed by atoms with Gasteiger partial charge in [-0.15, -0.1) is 13.2 Å². The van der Waals surface area contributed by atoms with Crippen molar-refractivity contribution < 1.29 is 22.7 Å². The summed E-state index contributed by atoms with van der Waals surface area (Å²) in [5.41, 5.74) is 1.56. The van der Waals surface area contributed by atoms with Gasteiger partial charge >= 0.3 is 6.36 Å². The maximum Gasteiger partial charge on any atom is 0.573 e. The maximum atomic E-state index is 12.7. The molecule has 0 saturated heterocycles. The largest absolute Gasteiger partial charge is 0.573 e. The zero-order valence-corrected chi connectivity index (χ0v) is 18.1. The lowest BCUT2D eigenvalue weighted by molar-refractivity contribution is -0.274. The van der Waals surface area contributed by atoms with Crippen molar-refractivity contribution in [2.75, 3.05) is 30.3 Å². The molecule has 0 heterocycles. The molecule has 2 rings (SSSR count). The number of amides is 1. The molecule has 2 aromatic rings. The molecule has 0 aliphatic rings. The van der Waals surface area contributed by atoms with E-state index in [2.05, 4.69) is 41.0 Å². The number of benzene rings is 2. The number of rotatable bonds is 11. The predicted octanol–water partition coefficient (Wildman–Crippen LogP) is 5.76. The van der Waals surface area contributed by atoms with Crippen molar-refractivity contribution in [3.8, 4) is 5.75 Å². The fourth-order valence-corrected chi connectivity index (χ4v) is 3.24. The first kappa shape index (κ1) is 24.5. The Kier molecular flexibility index (Phi) is 9.18. The van der Waals surface area contributed by atoms with Crippen molar-refractivity contribution >= 4 is 17.3 Å². The highest BCUT2D eigenvalue weighted by atomic mass is 19.4. The Morgan fingerprint density at radius 2 is 1.71 bits per heavy atom. The predicted molar refractivity (Wildman–Crippen MR) is 118 cm³/mol. The van der Waals surface area contributed by atoms with Gasteiger partial charge in [0.1, 0.15) is 5.75 Å². The van der Waals surface area contributed by atoms with Crippen LogP contribution in [0.4, 0.5) is 24.5 Å². The Hall–Kier alpha value is -2.74. The summed E-state index contributed by atoms with van der Waals surface area (Å²) in [7, 11) is 0. The van der Waals surface area contributed by atoms with Crippen LogP contribution in [0, 0.1) is 0 Å². The van der Waals surface area contributed by atoms with E-state index < -0.39 is 6.36 Å². The highest BCUT2D eigenvalue weighted by Gasteiger charge is 2.31. The van der Waals surface area contributed by atoms with E-state index >= 15 is 0 Å². The Labute approximate surface area is 181 Å². The van der Waals surface area contributed by atoms with Crippen LogP contribution in [0.15, 0.2) is 48.5 Å². The van der Waals surface area contributed by atoms with Crippen LogP contribution in [0.5, 0.6) is 5.75 Å². The monoisotopic (exact) mass is 437 g/mol. The Bertz CT molecular complexity index is 822. The smallest absolute Gasteiger partial charge is 0.406 e. The summed E-state index contributed by atoms with van der Waals surface area (Å²) in [4.78, 5) is 15.1. The number of para-hydroxylation sites is 1. The summed E-state index contributed by atoms with van der Waals surface area (Å²) in [6.45, 7) is 9.48. The second-order valence-electron chi connectivity index (χ2n) is 7.29. The average Bonchev–Trinajstić information content (AvgIpc) is 2.72. The van der Waals surface area contributed by atoms with Crippen LogP contribution < -0.4 is 15.4 Å². The summed E-state index contributed by atoms with van der Waals surface area (Å²) in [5.74, 6) is -0.686. The van der Waals surface area contributed by atoms with Gasteiger partial charge in [-0.25, -0.2) is 0 Å². The van der Waals surface area contributed by atoms with Crippen molar-refractivity contribution in [3.63, 3.8) is 0 Å². The first-order valence-corrected chi connectivity index (χ1v) is 10.5. The zero-order valence-electron chi connectivity index (χ0n) is 18.1. The van der Waals surface area contributed by atoms with Gasteiger partial charge < -0.3 is 20.3 Å². The maximum absolute atomic E-state index is 12.7. The zero-order chi connectivity index (χ0) is 22.9. The fraction of sp³-hybridized carbons (Fsp3) is 0.435. The van der Waals surface area contributed by atoms with Crippen LogP contribution in [-0.4, -0.2) is 42.8 Å². The lowest BCUT2D eigenvalue weighted by atomic mass is 10.1. The van der Waals surface area contributed by atoms with Gasteiger partial charge in [-0.2, -0.15) is 0 Å². The molecule has 1 atom stereocenters. The fourth-order valence-electron chi connectivity index (χ4n) is 3.24. The normalized spacial score (nSPS) is 12.5. The molecule has 0 radical (unpaired) electrons. The number of carbonyl (C=O) groups excluding carboxylic acids is 1. The number of ether oxygens (including phenoxy) is 1. The van der Waals surface area contributed by atoms with E-state index in [1.807, 2.05) is 12.1 Å². The summed E-state index contributed by atoms with van der Waals surface area (Å²) in [5, 5.41) is 6.11. The first-order chi connectivity index (χ1) is 14.7. The third-order valence-electron chi connectivity index (χ3n) is 4.93. The summed E-state index contributed by atoms with van der Waals surface area (Å²) in [6.07, 6.45) is -2.74. The van der Waals surface area contributed by atoms with E-state index in [0.29, 0.717) is 16.9 Å². The van der Waals surface area contributed by atoms with Crippen LogP contribution in [0.3, 0.4) is 0 Å². The topological polar surface area (TPSA) is 53.6 Å². The first-order valence-electron chi connectivity index (χ1n) is 10.5. The minimum Gasteiger partial charge on any atom is -0.406 e. The van der Waals surface area contributed by atoms with Crippen molar-refractivity contribution in [2.24, 2.45) is 0 Å². The molecular weight excluding hydrogens is 407 g/mol. The summed E-state index contributed by atoms with van der Waals surface area (Å²) >= 11 is 0. The van der Waals surface area contributed by atoms with Crippen molar-refractivity contribution in [2.45, 2.75) is 46.0 Å².